The van der Waals surface area contributed by atoms with E-state index in [4.69, 9.17) is 4.74 Å². The molecule has 0 spiro atoms. The lowest BCUT2D eigenvalue weighted by Crippen LogP contribution is -2.13. The Labute approximate surface area is 55.2 Å². The van der Waals surface area contributed by atoms with E-state index in [0.717, 1.165) is 12.1 Å². The fourth-order valence-electron chi connectivity index (χ4n) is 0.874. The van der Waals surface area contributed by atoms with Crippen molar-refractivity contribution in [3.8, 4) is 0 Å². The Hall–Kier alpha value is -0.630. The molecule has 2 heteroatoms. The zero-order valence-corrected chi connectivity index (χ0v) is 5.63. The predicted molar refractivity (Wildman–Crippen MR) is 37.7 cm³/mol. The normalized spacial score (nSPS) is 27.2. The van der Waals surface area contributed by atoms with Crippen molar-refractivity contribution in [2.24, 2.45) is 4.99 Å². The van der Waals surface area contributed by atoms with Crippen molar-refractivity contribution >= 4 is 6.72 Å². The molecule has 1 atom stereocenters. The fraction of sp³-hybridized carbons (Fsp3) is 0.571. The Balaban J connectivity index is 2.53. The first-order chi connectivity index (χ1) is 4.33. The van der Waals surface area contributed by atoms with Gasteiger partial charge in [0.05, 0.1) is 12.7 Å². The first kappa shape index (κ1) is 6.49. The SMILES string of the molecule is C=NC1=CCOC(C)C1. The van der Waals surface area contributed by atoms with Crippen LogP contribution in [0.2, 0.25) is 0 Å². The molecule has 0 radical (unpaired) electrons. The van der Waals surface area contributed by atoms with E-state index < -0.39 is 0 Å². The average Bonchev–Trinajstić information content (AvgIpc) is 1.88. The number of aliphatic imine (C=N–C) groups is 1. The molecule has 0 aromatic rings. The largest absolute Gasteiger partial charge is 0.374 e. The number of hydrogen-bond donors (Lipinski definition) is 0. The van der Waals surface area contributed by atoms with Crippen LogP contribution in [0.5, 0.6) is 0 Å². The maximum Gasteiger partial charge on any atom is 0.0671 e. The highest BCUT2D eigenvalue weighted by Gasteiger charge is 2.08. The molecule has 1 aliphatic rings. The minimum Gasteiger partial charge on any atom is -0.374 e. The summed E-state index contributed by atoms with van der Waals surface area (Å²) in [6.07, 6.45) is 3.19. The van der Waals surface area contributed by atoms with Crippen molar-refractivity contribution in [1.29, 1.82) is 0 Å². The molecule has 0 aromatic carbocycles. The molecular formula is C7H11NO. The van der Waals surface area contributed by atoms with Gasteiger partial charge in [0, 0.05) is 12.1 Å². The van der Waals surface area contributed by atoms with Crippen LogP contribution in [0.1, 0.15) is 13.3 Å². The molecule has 0 amide bonds. The van der Waals surface area contributed by atoms with Gasteiger partial charge in [-0.15, -0.1) is 0 Å². The second-order valence-corrected chi connectivity index (χ2v) is 2.20. The molecule has 1 heterocycles. The van der Waals surface area contributed by atoms with Crippen molar-refractivity contribution < 1.29 is 4.74 Å². The Morgan fingerprint density at radius 3 is 3.11 bits per heavy atom. The fourth-order valence-corrected chi connectivity index (χ4v) is 0.874. The highest BCUT2D eigenvalue weighted by Crippen LogP contribution is 2.13. The van der Waals surface area contributed by atoms with Crippen LogP contribution in [0.25, 0.3) is 0 Å². The van der Waals surface area contributed by atoms with Crippen LogP contribution >= 0.6 is 0 Å². The molecule has 9 heavy (non-hydrogen) atoms. The van der Waals surface area contributed by atoms with Crippen molar-refractivity contribution in [2.75, 3.05) is 6.61 Å². The summed E-state index contributed by atoms with van der Waals surface area (Å²) in [6, 6.07) is 0. The molecule has 0 aliphatic carbocycles. The van der Waals surface area contributed by atoms with Gasteiger partial charge in [-0.3, -0.25) is 4.99 Å². The van der Waals surface area contributed by atoms with Gasteiger partial charge in [0.2, 0.25) is 0 Å². The number of hydrogen-bond acceptors (Lipinski definition) is 2. The summed E-state index contributed by atoms with van der Waals surface area (Å²) in [7, 11) is 0. The second kappa shape index (κ2) is 2.78. The summed E-state index contributed by atoms with van der Waals surface area (Å²) >= 11 is 0. The van der Waals surface area contributed by atoms with E-state index in [1.165, 1.54) is 0 Å². The number of rotatable bonds is 1. The highest BCUT2D eigenvalue weighted by atomic mass is 16.5. The van der Waals surface area contributed by atoms with Crippen molar-refractivity contribution in [1.82, 2.24) is 0 Å². The van der Waals surface area contributed by atoms with Crippen LogP contribution in [-0.4, -0.2) is 19.4 Å². The lowest BCUT2D eigenvalue weighted by molar-refractivity contribution is 0.0781. The molecule has 0 aromatic heterocycles. The Kier molecular flexibility index (Phi) is 2.01. The molecule has 0 fully saturated rings. The van der Waals surface area contributed by atoms with Gasteiger partial charge in [0.15, 0.2) is 0 Å². The van der Waals surface area contributed by atoms with Gasteiger partial charge in [0.1, 0.15) is 0 Å². The lowest BCUT2D eigenvalue weighted by atomic mass is 10.2. The van der Waals surface area contributed by atoms with Crippen molar-refractivity contribution in [3.05, 3.63) is 11.8 Å². The van der Waals surface area contributed by atoms with E-state index in [0.29, 0.717) is 12.7 Å². The maximum atomic E-state index is 5.25. The van der Waals surface area contributed by atoms with Gasteiger partial charge >= 0.3 is 0 Å². The van der Waals surface area contributed by atoms with Crippen LogP contribution in [0, 0.1) is 0 Å². The van der Waals surface area contributed by atoms with Gasteiger partial charge in [-0.25, -0.2) is 0 Å². The van der Waals surface area contributed by atoms with Crippen molar-refractivity contribution in [2.45, 2.75) is 19.4 Å². The molecule has 2 nitrogen and oxygen atoms in total. The summed E-state index contributed by atoms with van der Waals surface area (Å²) in [6.45, 7) is 6.17. The van der Waals surface area contributed by atoms with Crippen LogP contribution < -0.4 is 0 Å². The van der Waals surface area contributed by atoms with Crippen molar-refractivity contribution in [3.63, 3.8) is 0 Å². The van der Waals surface area contributed by atoms with E-state index in [1.54, 1.807) is 0 Å². The molecule has 0 N–H and O–H groups in total. The van der Waals surface area contributed by atoms with Gasteiger partial charge < -0.3 is 4.74 Å². The number of ether oxygens (including phenoxy) is 1. The monoisotopic (exact) mass is 125 g/mol. The standard InChI is InChI=1S/C7H11NO/c1-6-5-7(8-2)3-4-9-6/h3,6H,2,4-5H2,1H3. The first-order valence-electron chi connectivity index (χ1n) is 3.10. The Morgan fingerprint density at radius 2 is 2.67 bits per heavy atom. The quantitative estimate of drug-likeness (QED) is 0.485. The third-order valence-electron chi connectivity index (χ3n) is 1.40. The molecule has 1 aliphatic heterocycles. The highest BCUT2D eigenvalue weighted by molar-refractivity contribution is 5.29. The summed E-state index contributed by atoms with van der Waals surface area (Å²) in [5, 5.41) is 0. The third kappa shape index (κ3) is 1.64. The van der Waals surface area contributed by atoms with Gasteiger partial charge in [-0.1, -0.05) is 0 Å². The molecule has 0 saturated heterocycles. The summed E-state index contributed by atoms with van der Waals surface area (Å²) in [5.74, 6) is 0. The molecule has 0 bridgehead atoms. The maximum absolute atomic E-state index is 5.25. The van der Waals surface area contributed by atoms with Gasteiger partial charge in [-0.05, 0) is 19.7 Å². The average molecular weight is 125 g/mol. The summed E-state index contributed by atoms with van der Waals surface area (Å²) in [4.78, 5) is 3.83. The van der Waals surface area contributed by atoms with Crippen LogP contribution in [-0.2, 0) is 4.74 Å². The zero-order chi connectivity index (χ0) is 6.69. The molecule has 1 unspecified atom stereocenters. The summed E-state index contributed by atoms with van der Waals surface area (Å²) in [5.41, 5.74) is 1.06. The number of nitrogens with zero attached hydrogens (tertiary/aromatic N) is 1. The van der Waals surface area contributed by atoms with E-state index >= 15 is 0 Å². The minimum absolute atomic E-state index is 0.315. The van der Waals surface area contributed by atoms with E-state index in [1.807, 2.05) is 13.0 Å². The molecule has 1 rings (SSSR count). The molecular weight excluding hydrogens is 114 g/mol. The third-order valence-corrected chi connectivity index (χ3v) is 1.40. The van der Waals surface area contributed by atoms with E-state index in [-0.39, 0.29) is 0 Å². The van der Waals surface area contributed by atoms with Crippen LogP contribution in [0.3, 0.4) is 0 Å². The second-order valence-electron chi connectivity index (χ2n) is 2.20. The van der Waals surface area contributed by atoms with Gasteiger partial charge in [-0.2, -0.15) is 0 Å². The Morgan fingerprint density at radius 1 is 1.89 bits per heavy atom. The van der Waals surface area contributed by atoms with E-state index in [2.05, 4.69) is 11.7 Å². The summed E-state index contributed by atoms with van der Waals surface area (Å²) < 4.78 is 5.25. The zero-order valence-electron chi connectivity index (χ0n) is 5.63. The lowest BCUT2D eigenvalue weighted by Gasteiger charge is -2.16. The molecule has 0 saturated carbocycles. The molecule has 50 valence electrons. The predicted octanol–water partition coefficient (Wildman–Crippen LogP) is 1.38. The van der Waals surface area contributed by atoms with Crippen LogP contribution in [0.15, 0.2) is 16.8 Å². The Bertz CT molecular complexity index is 140. The van der Waals surface area contributed by atoms with E-state index in [9.17, 15) is 0 Å². The first-order valence-corrected chi connectivity index (χ1v) is 3.10. The van der Waals surface area contributed by atoms with Crippen LogP contribution in [0.4, 0.5) is 0 Å². The topological polar surface area (TPSA) is 21.6 Å². The minimum atomic E-state index is 0.315. The smallest absolute Gasteiger partial charge is 0.0671 e. The van der Waals surface area contributed by atoms with Gasteiger partial charge in [0.25, 0.3) is 0 Å².